The summed E-state index contributed by atoms with van der Waals surface area (Å²) in [5, 5.41) is 0. The van der Waals surface area contributed by atoms with Crippen molar-refractivity contribution in [3.05, 3.63) is 11.3 Å². The molecule has 0 bridgehead atoms. The molecule has 102 valence electrons. The average Bonchev–Trinajstić information content (AvgIpc) is 2.32. The fourth-order valence-electron chi connectivity index (χ4n) is 2.25. The van der Waals surface area contributed by atoms with Crippen LogP contribution in [0.4, 0.5) is 4.39 Å². The lowest BCUT2D eigenvalue weighted by atomic mass is 9.70. The maximum absolute atomic E-state index is 14.3. The first-order chi connectivity index (χ1) is 8.14. The molecular weight excluding hydrogens is 232 g/mol. The highest BCUT2D eigenvalue weighted by Crippen LogP contribution is 2.43. The third-order valence-electron chi connectivity index (χ3n) is 4.56. The van der Waals surface area contributed by atoms with Crippen LogP contribution < -0.4 is 5.73 Å². The Bertz CT molecular complexity index is 355. The molecule has 1 atom stereocenters. The largest absolute Gasteiger partial charge is 0.525 e. The summed E-state index contributed by atoms with van der Waals surface area (Å²) in [5.74, 6) is 0.396. The average molecular weight is 255 g/mol. The van der Waals surface area contributed by atoms with E-state index in [-0.39, 0.29) is 11.8 Å². The van der Waals surface area contributed by atoms with Crippen LogP contribution in [0.5, 0.6) is 0 Å². The zero-order valence-electron chi connectivity index (χ0n) is 11.9. The lowest BCUT2D eigenvalue weighted by molar-refractivity contribution is 0.00578. The molecule has 3 nitrogen and oxygen atoms in total. The lowest BCUT2D eigenvalue weighted by Gasteiger charge is -2.33. The second kappa shape index (κ2) is 4.32. The molecule has 18 heavy (non-hydrogen) atoms. The molecule has 2 fully saturated rings. The molecule has 0 aromatic carbocycles. The van der Waals surface area contributed by atoms with Gasteiger partial charge in [0.05, 0.1) is 11.2 Å². The number of hydrogen-bond acceptors (Lipinski definition) is 3. The third kappa shape index (κ3) is 2.24. The molecule has 0 aromatic heterocycles. The predicted octanol–water partition coefficient (Wildman–Crippen LogP) is 2.60. The zero-order chi connectivity index (χ0) is 13.7. The summed E-state index contributed by atoms with van der Waals surface area (Å²) in [6.07, 6.45) is 1.46. The molecule has 1 saturated carbocycles. The van der Waals surface area contributed by atoms with Gasteiger partial charge in [-0.3, -0.25) is 0 Å². The Morgan fingerprint density at radius 3 is 2.11 bits per heavy atom. The Kier molecular flexibility index (Phi) is 3.37. The Hall–Kier alpha value is -0.385. The van der Waals surface area contributed by atoms with Crippen molar-refractivity contribution in [3.8, 4) is 0 Å². The zero-order valence-corrected chi connectivity index (χ0v) is 11.9. The summed E-state index contributed by atoms with van der Waals surface area (Å²) in [4.78, 5) is 0. The van der Waals surface area contributed by atoms with Crippen molar-refractivity contribution in [1.29, 1.82) is 0 Å². The second-order valence-corrected chi connectivity index (χ2v) is 6.57. The van der Waals surface area contributed by atoms with Crippen LogP contribution >= 0.6 is 0 Å². The highest BCUT2D eigenvalue weighted by atomic mass is 19.1. The number of nitrogens with two attached hydrogens (primary N) is 1. The van der Waals surface area contributed by atoms with Crippen molar-refractivity contribution in [1.82, 2.24) is 0 Å². The van der Waals surface area contributed by atoms with Gasteiger partial charge in [-0.1, -0.05) is 0 Å². The Morgan fingerprint density at radius 1 is 1.28 bits per heavy atom. The van der Waals surface area contributed by atoms with Crippen LogP contribution in [0.1, 0.15) is 47.5 Å². The monoisotopic (exact) mass is 255 g/mol. The third-order valence-corrected chi connectivity index (χ3v) is 4.56. The first kappa shape index (κ1) is 14.0. The summed E-state index contributed by atoms with van der Waals surface area (Å²) in [6.45, 7) is 9.67. The van der Waals surface area contributed by atoms with Gasteiger partial charge in [0.25, 0.3) is 0 Å². The van der Waals surface area contributed by atoms with Gasteiger partial charge in [-0.2, -0.15) is 0 Å². The van der Waals surface area contributed by atoms with E-state index in [0.717, 1.165) is 18.4 Å². The topological polar surface area (TPSA) is 44.5 Å². The van der Waals surface area contributed by atoms with E-state index in [4.69, 9.17) is 15.0 Å². The molecule has 1 aliphatic heterocycles. The second-order valence-electron chi connectivity index (χ2n) is 6.57. The molecule has 1 unspecified atom stereocenters. The van der Waals surface area contributed by atoms with E-state index in [2.05, 4.69) is 0 Å². The number of halogens is 1. The van der Waals surface area contributed by atoms with Gasteiger partial charge in [-0.25, -0.2) is 4.39 Å². The van der Waals surface area contributed by atoms with Gasteiger partial charge in [0.15, 0.2) is 0 Å². The smallest absolute Gasteiger partial charge is 0.398 e. The van der Waals surface area contributed by atoms with Crippen LogP contribution in [0.25, 0.3) is 0 Å². The molecule has 5 heteroatoms. The van der Waals surface area contributed by atoms with Crippen molar-refractivity contribution >= 4 is 7.12 Å². The Balaban J connectivity index is 2.05. The summed E-state index contributed by atoms with van der Waals surface area (Å²) in [5.41, 5.74) is 5.38. The summed E-state index contributed by atoms with van der Waals surface area (Å²) in [6, 6.07) is 0.125. The molecule has 1 aliphatic carbocycles. The fourth-order valence-corrected chi connectivity index (χ4v) is 2.25. The van der Waals surface area contributed by atoms with Crippen molar-refractivity contribution < 1.29 is 13.7 Å². The maximum atomic E-state index is 14.3. The molecule has 2 rings (SSSR count). The highest BCUT2D eigenvalue weighted by molar-refractivity contribution is 6.53. The maximum Gasteiger partial charge on any atom is 0.525 e. The van der Waals surface area contributed by atoms with Crippen LogP contribution in [0, 0.1) is 5.92 Å². The van der Waals surface area contributed by atoms with Crippen molar-refractivity contribution in [2.24, 2.45) is 11.7 Å². The quantitative estimate of drug-likeness (QED) is 0.771. The van der Waals surface area contributed by atoms with Crippen LogP contribution in [-0.4, -0.2) is 24.4 Å². The van der Waals surface area contributed by atoms with Crippen LogP contribution in [0.15, 0.2) is 11.3 Å². The minimum Gasteiger partial charge on any atom is -0.398 e. The van der Waals surface area contributed by atoms with Crippen molar-refractivity contribution in [3.63, 3.8) is 0 Å². The normalized spacial score (nSPS) is 31.2. The van der Waals surface area contributed by atoms with E-state index >= 15 is 0 Å². The lowest BCUT2D eigenvalue weighted by Crippen LogP contribution is -2.41. The molecule has 1 heterocycles. The van der Waals surface area contributed by atoms with E-state index in [1.54, 1.807) is 0 Å². The van der Waals surface area contributed by atoms with Crippen LogP contribution in [0.3, 0.4) is 0 Å². The van der Waals surface area contributed by atoms with Crippen LogP contribution in [0.2, 0.25) is 0 Å². The molecule has 2 N–H and O–H groups in total. The van der Waals surface area contributed by atoms with E-state index < -0.39 is 18.3 Å². The first-order valence-electron chi connectivity index (χ1n) is 6.62. The molecule has 0 spiro atoms. The van der Waals surface area contributed by atoms with Crippen molar-refractivity contribution in [2.45, 2.75) is 64.7 Å². The van der Waals surface area contributed by atoms with Crippen molar-refractivity contribution in [2.75, 3.05) is 0 Å². The highest BCUT2D eigenvalue weighted by Gasteiger charge is 2.54. The summed E-state index contributed by atoms with van der Waals surface area (Å²) >= 11 is 0. The van der Waals surface area contributed by atoms with Gasteiger partial charge in [0, 0.05) is 6.04 Å². The van der Waals surface area contributed by atoms with Gasteiger partial charge >= 0.3 is 7.12 Å². The minimum absolute atomic E-state index is 0.125. The van der Waals surface area contributed by atoms with Gasteiger partial charge in [-0.15, -0.1) is 0 Å². The number of hydrogen-bond donors (Lipinski definition) is 1. The summed E-state index contributed by atoms with van der Waals surface area (Å²) < 4.78 is 25.6. The van der Waals surface area contributed by atoms with Gasteiger partial charge in [0.1, 0.15) is 5.73 Å². The molecule has 0 aromatic rings. The molecule has 0 radical (unpaired) electrons. The molecular formula is C13H23BFNO2. The SMILES string of the molecule is CC(N)C1CC(=C(F)B2OC(C)(C)C(C)(C)O2)C1. The fraction of sp³-hybridized carbons (Fsp3) is 0.846. The van der Waals surface area contributed by atoms with E-state index in [0.29, 0.717) is 5.92 Å². The molecule has 2 aliphatic rings. The predicted molar refractivity (Wildman–Crippen MR) is 70.6 cm³/mol. The van der Waals surface area contributed by atoms with E-state index in [1.165, 1.54) is 0 Å². The Labute approximate surface area is 109 Å². The van der Waals surface area contributed by atoms with Crippen LogP contribution in [-0.2, 0) is 9.31 Å². The standard InChI is InChI=1S/C13H23BFNO2/c1-8(16)9-6-10(7-9)11(15)14-17-12(2,3)13(4,5)18-14/h8-9H,6-7,16H2,1-5H3. The van der Waals surface area contributed by atoms with Gasteiger partial charge in [0.2, 0.25) is 0 Å². The van der Waals surface area contributed by atoms with Gasteiger partial charge < -0.3 is 15.0 Å². The van der Waals surface area contributed by atoms with Gasteiger partial charge in [-0.05, 0) is 59.0 Å². The minimum atomic E-state index is -0.848. The van der Waals surface area contributed by atoms with E-state index in [9.17, 15) is 4.39 Å². The Morgan fingerprint density at radius 2 is 1.72 bits per heavy atom. The first-order valence-corrected chi connectivity index (χ1v) is 6.62. The number of rotatable bonds is 2. The number of allylic oxidation sites excluding steroid dienone is 1. The summed E-state index contributed by atoms with van der Waals surface area (Å²) in [7, 11) is -0.848. The van der Waals surface area contributed by atoms with E-state index in [1.807, 2.05) is 34.6 Å². The molecule has 0 amide bonds. The molecule has 1 saturated heterocycles.